The Morgan fingerprint density at radius 1 is 0.949 bits per heavy atom. The first-order chi connectivity index (χ1) is 18.6. The van der Waals surface area contributed by atoms with Crippen LogP contribution in [-0.2, 0) is 11.2 Å². The lowest BCUT2D eigenvalue weighted by atomic mass is 9.75. The number of allylic oxidation sites excluding steroid dienone is 4. The van der Waals surface area contributed by atoms with Gasteiger partial charge in [-0.3, -0.25) is 4.79 Å². The second-order valence-electron chi connectivity index (χ2n) is 13.9. The average Bonchev–Trinajstić information content (AvgIpc) is 3.37. The van der Waals surface area contributed by atoms with Crippen molar-refractivity contribution in [1.29, 1.82) is 0 Å². The minimum Gasteiger partial charge on any atom is -0.392 e. The number of fused-ring (bicyclic) bond motifs is 2. The monoisotopic (exact) mass is 536 g/mol. The van der Waals surface area contributed by atoms with E-state index in [1.54, 1.807) is 11.1 Å². The number of hydrogen-bond donors (Lipinski definition) is 2. The van der Waals surface area contributed by atoms with Gasteiger partial charge >= 0.3 is 0 Å². The molecule has 0 bridgehead atoms. The Morgan fingerprint density at radius 2 is 1.54 bits per heavy atom. The number of nitrogens with zero attached hydrogens (tertiary/aromatic N) is 1. The maximum absolute atomic E-state index is 11.8. The average molecular weight is 537 g/mol. The van der Waals surface area contributed by atoms with Crippen LogP contribution in [0.4, 0.5) is 0 Å². The molecule has 1 unspecified atom stereocenters. The summed E-state index contributed by atoms with van der Waals surface area (Å²) in [5.41, 5.74) is 10.5. The van der Waals surface area contributed by atoms with Gasteiger partial charge in [0.1, 0.15) is 0 Å². The summed E-state index contributed by atoms with van der Waals surface area (Å²) in [4.78, 5) is 14.2. The highest BCUT2D eigenvalue weighted by Crippen LogP contribution is 2.36. The van der Waals surface area contributed by atoms with Gasteiger partial charge in [-0.25, -0.2) is 0 Å². The number of amides is 1. The second-order valence-corrected chi connectivity index (χ2v) is 13.9. The van der Waals surface area contributed by atoms with Gasteiger partial charge in [0.05, 0.1) is 6.10 Å². The summed E-state index contributed by atoms with van der Waals surface area (Å²) in [5, 5.41) is 10.5. The van der Waals surface area contributed by atoms with Crippen LogP contribution < -0.4 is 5.73 Å². The number of rotatable bonds is 7. The lowest BCUT2D eigenvalue weighted by molar-refractivity contribution is -0.122. The van der Waals surface area contributed by atoms with Crippen LogP contribution in [-0.4, -0.2) is 41.7 Å². The number of aliphatic hydroxyl groups is 1. The Hall–Kier alpha value is -1.91. The molecule has 0 radical (unpaired) electrons. The van der Waals surface area contributed by atoms with Gasteiger partial charge in [0.25, 0.3) is 0 Å². The molecule has 0 aromatic heterocycles. The highest BCUT2D eigenvalue weighted by Gasteiger charge is 2.32. The molecular weight excluding hydrogens is 480 g/mol. The summed E-state index contributed by atoms with van der Waals surface area (Å²) in [6.07, 6.45) is 18.9. The predicted molar refractivity (Wildman–Crippen MR) is 164 cm³/mol. The van der Waals surface area contributed by atoms with E-state index in [4.69, 9.17) is 5.73 Å². The molecule has 1 aromatic carbocycles. The summed E-state index contributed by atoms with van der Waals surface area (Å²) in [6.45, 7) is 11.6. The highest BCUT2D eigenvalue weighted by atomic mass is 16.3. The van der Waals surface area contributed by atoms with Crippen molar-refractivity contribution < 1.29 is 9.90 Å². The van der Waals surface area contributed by atoms with Crippen LogP contribution in [0.3, 0.4) is 0 Å². The standard InChI is InChI=1S/C21H32N2O2.C9H12.C5H12/c22-21(25)19(12-16-6-2-1-3-7-16)13-20(24)15-23-11-10-17-8-4-5-9-18(17)14-23;1-2-5-9-7-3-6-8(9)4-1;1-5(2,3)4/h1-3,6-7,17-20,24H,4-5,8-15H2,(H2,22,25);4-5H,1-3,6-7H2;1-4H3/t17-,18+,19+,20?;;/m0../s1. The molecule has 1 aromatic rings. The SMILES string of the molecule is C1=C2CCCC2=CCC1.CC(C)(C)C.NC(=O)[C@H](Cc1ccccc1)CC(O)CN1CC[C@@H]2CCCC[C@@H]2C1. The van der Waals surface area contributed by atoms with Crippen molar-refractivity contribution in [2.45, 2.75) is 111 Å². The molecule has 2 saturated carbocycles. The zero-order valence-electron chi connectivity index (χ0n) is 25.3. The van der Waals surface area contributed by atoms with Crippen LogP contribution in [0.2, 0.25) is 0 Å². The van der Waals surface area contributed by atoms with Crippen molar-refractivity contribution in [2.24, 2.45) is 28.9 Å². The molecule has 3 aliphatic carbocycles. The van der Waals surface area contributed by atoms with Crippen LogP contribution in [0, 0.1) is 23.2 Å². The predicted octanol–water partition coefficient (Wildman–Crippen LogP) is 7.46. The van der Waals surface area contributed by atoms with E-state index in [-0.39, 0.29) is 11.8 Å². The first kappa shape index (κ1) is 31.6. The Labute approximate surface area is 239 Å². The molecule has 5 rings (SSSR count). The summed E-state index contributed by atoms with van der Waals surface area (Å²) >= 11 is 0. The fraction of sp³-hybridized carbons (Fsp3) is 0.686. The van der Waals surface area contributed by atoms with Crippen LogP contribution in [0.25, 0.3) is 0 Å². The van der Waals surface area contributed by atoms with E-state index in [2.05, 4.69) is 44.7 Å². The van der Waals surface area contributed by atoms with E-state index in [0.717, 1.165) is 30.5 Å². The smallest absolute Gasteiger partial charge is 0.220 e. The largest absolute Gasteiger partial charge is 0.392 e. The van der Waals surface area contributed by atoms with Crippen molar-refractivity contribution in [3.05, 3.63) is 59.2 Å². The first-order valence-corrected chi connectivity index (χ1v) is 15.7. The lowest BCUT2D eigenvalue weighted by Gasteiger charge is -2.42. The fourth-order valence-electron chi connectivity index (χ4n) is 6.51. The van der Waals surface area contributed by atoms with Crippen molar-refractivity contribution in [2.75, 3.05) is 19.6 Å². The molecule has 4 aliphatic rings. The Bertz CT molecular complexity index is 904. The van der Waals surface area contributed by atoms with Crippen molar-refractivity contribution >= 4 is 5.91 Å². The molecule has 1 saturated heterocycles. The minimum atomic E-state index is -0.485. The zero-order valence-corrected chi connectivity index (χ0v) is 25.3. The van der Waals surface area contributed by atoms with E-state index in [1.807, 2.05) is 30.3 Å². The lowest BCUT2D eigenvalue weighted by Crippen LogP contribution is -2.45. The topological polar surface area (TPSA) is 66.6 Å². The first-order valence-electron chi connectivity index (χ1n) is 15.7. The number of aliphatic hydroxyl groups excluding tert-OH is 1. The van der Waals surface area contributed by atoms with E-state index < -0.39 is 6.10 Å². The number of piperidine rings is 1. The van der Waals surface area contributed by atoms with Gasteiger partial charge in [-0.1, -0.05) is 89.4 Å². The molecule has 3 N–H and O–H groups in total. The van der Waals surface area contributed by atoms with E-state index in [9.17, 15) is 9.90 Å². The van der Waals surface area contributed by atoms with Crippen molar-refractivity contribution in [1.82, 2.24) is 4.90 Å². The Balaban J connectivity index is 0.000000244. The maximum Gasteiger partial charge on any atom is 0.220 e. The second kappa shape index (κ2) is 15.8. The summed E-state index contributed by atoms with van der Waals surface area (Å²) in [7, 11) is 0. The molecule has 1 amide bonds. The molecule has 4 heteroatoms. The Morgan fingerprint density at radius 3 is 2.13 bits per heavy atom. The highest BCUT2D eigenvalue weighted by molar-refractivity contribution is 5.77. The Kier molecular flexibility index (Phi) is 12.8. The molecule has 1 aliphatic heterocycles. The zero-order chi connectivity index (χ0) is 28.3. The molecule has 4 nitrogen and oxygen atoms in total. The summed E-state index contributed by atoms with van der Waals surface area (Å²) in [5.74, 6) is 1.10. The molecular formula is C35H56N2O2. The van der Waals surface area contributed by atoms with Crippen LogP contribution in [0.5, 0.6) is 0 Å². The number of nitrogens with two attached hydrogens (primary N) is 1. The fourth-order valence-corrected chi connectivity index (χ4v) is 6.51. The maximum atomic E-state index is 11.8. The van der Waals surface area contributed by atoms with Gasteiger partial charge in [0.15, 0.2) is 0 Å². The number of likely N-dealkylation sites (tertiary alicyclic amines) is 1. The molecule has 4 atom stereocenters. The van der Waals surface area contributed by atoms with E-state index >= 15 is 0 Å². The van der Waals surface area contributed by atoms with Crippen LogP contribution in [0.15, 0.2) is 53.6 Å². The third kappa shape index (κ3) is 12.0. The number of primary amides is 1. The van der Waals surface area contributed by atoms with Gasteiger partial charge in [-0.05, 0) is 98.3 Å². The van der Waals surface area contributed by atoms with E-state index in [0.29, 0.717) is 24.8 Å². The van der Waals surface area contributed by atoms with Crippen molar-refractivity contribution in [3.8, 4) is 0 Å². The molecule has 0 spiro atoms. The molecule has 3 fully saturated rings. The van der Waals surface area contributed by atoms with Gasteiger partial charge in [0.2, 0.25) is 5.91 Å². The van der Waals surface area contributed by atoms with Crippen LogP contribution in [0.1, 0.15) is 104 Å². The number of benzene rings is 1. The van der Waals surface area contributed by atoms with Gasteiger partial charge in [-0.15, -0.1) is 0 Å². The summed E-state index contributed by atoms with van der Waals surface area (Å²) < 4.78 is 0. The molecule has 39 heavy (non-hydrogen) atoms. The normalized spacial score (nSPS) is 24.3. The third-order valence-electron chi connectivity index (χ3n) is 8.38. The van der Waals surface area contributed by atoms with E-state index in [1.165, 1.54) is 64.2 Å². The van der Waals surface area contributed by atoms with Crippen LogP contribution >= 0.6 is 0 Å². The van der Waals surface area contributed by atoms with Gasteiger partial charge in [0, 0.05) is 19.0 Å². The van der Waals surface area contributed by atoms with Crippen molar-refractivity contribution in [3.63, 3.8) is 0 Å². The number of β-amino-alcohol motifs (C(OH)–C–C–N with tert-alkyl or cyclic N) is 1. The quantitative estimate of drug-likeness (QED) is 0.380. The summed E-state index contributed by atoms with van der Waals surface area (Å²) in [6, 6.07) is 9.93. The molecule has 1 heterocycles. The van der Waals surface area contributed by atoms with Gasteiger partial charge < -0.3 is 15.7 Å². The molecule has 218 valence electrons. The number of hydrogen-bond acceptors (Lipinski definition) is 3. The minimum absolute atomic E-state index is 0.301. The third-order valence-corrected chi connectivity index (χ3v) is 8.38. The van der Waals surface area contributed by atoms with Gasteiger partial charge in [-0.2, -0.15) is 0 Å². The number of carbonyl (C=O) groups is 1. The number of carbonyl (C=O) groups excluding carboxylic acids is 1.